The van der Waals surface area contributed by atoms with Crippen LogP contribution in [0.3, 0.4) is 0 Å². The van der Waals surface area contributed by atoms with Gasteiger partial charge in [0.15, 0.2) is 0 Å². The first-order valence-corrected chi connectivity index (χ1v) is 7.29. The van der Waals surface area contributed by atoms with Crippen molar-refractivity contribution in [1.29, 1.82) is 0 Å². The number of hydrogen-bond donors (Lipinski definition) is 1. The largest absolute Gasteiger partial charge is 0.466 e. The van der Waals surface area contributed by atoms with Crippen molar-refractivity contribution in [3.63, 3.8) is 0 Å². The van der Waals surface area contributed by atoms with E-state index in [4.69, 9.17) is 4.42 Å². The summed E-state index contributed by atoms with van der Waals surface area (Å²) >= 11 is 0. The van der Waals surface area contributed by atoms with E-state index in [1.807, 2.05) is 32.0 Å². The SMILES string of the molecule is Cc1cc(C(C)NCc2c(C)nc3ccccn23)c(C)o1. The Morgan fingerprint density at radius 2 is 2.10 bits per heavy atom. The van der Waals surface area contributed by atoms with Crippen LogP contribution in [-0.4, -0.2) is 9.38 Å². The van der Waals surface area contributed by atoms with Crippen molar-refractivity contribution in [1.82, 2.24) is 14.7 Å². The Balaban J connectivity index is 1.80. The summed E-state index contributed by atoms with van der Waals surface area (Å²) in [6, 6.07) is 8.43. The molecule has 0 aliphatic heterocycles. The van der Waals surface area contributed by atoms with Gasteiger partial charge in [-0.25, -0.2) is 4.98 Å². The fraction of sp³-hybridized carbons (Fsp3) is 0.353. The van der Waals surface area contributed by atoms with E-state index in [0.717, 1.165) is 29.4 Å². The van der Waals surface area contributed by atoms with Crippen LogP contribution in [0.25, 0.3) is 5.65 Å². The molecule has 3 heterocycles. The van der Waals surface area contributed by atoms with Gasteiger partial charge >= 0.3 is 0 Å². The van der Waals surface area contributed by atoms with Crippen LogP contribution in [0.15, 0.2) is 34.9 Å². The van der Waals surface area contributed by atoms with Crippen LogP contribution in [0.2, 0.25) is 0 Å². The van der Waals surface area contributed by atoms with E-state index in [1.54, 1.807) is 0 Å². The normalized spacial score (nSPS) is 13.0. The third-order valence-corrected chi connectivity index (χ3v) is 3.95. The van der Waals surface area contributed by atoms with Crippen molar-refractivity contribution < 1.29 is 4.42 Å². The predicted octanol–water partition coefficient (Wildman–Crippen LogP) is 3.70. The number of nitrogens with one attached hydrogen (secondary N) is 1. The summed E-state index contributed by atoms with van der Waals surface area (Å²) in [6.07, 6.45) is 2.06. The molecule has 3 aromatic rings. The molecule has 0 bridgehead atoms. The molecular formula is C17H21N3O. The zero-order valence-electron chi connectivity index (χ0n) is 13.0. The Hall–Kier alpha value is -2.07. The maximum Gasteiger partial charge on any atom is 0.137 e. The lowest BCUT2D eigenvalue weighted by atomic mass is 10.1. The van der Waals surface area contributed by atoms with Crippen molar-refractivity contribution in [2.45, 2.75) is 40.3 Å². The second-order valence-corrected chi connectivity index (χ2v) is 5.54. The molecule has 0 radical (unpaired) electrons. The lowest BCUT2D eigenvalue weighted by molar-refractivity contribution is 0.488. The molecule has 0 amide bonds. The smallest absolute Gasteiger partial charge is 0.137 e. The molecule has 1 atom stereocenters. The molecule has 1 unspecified atom stereocenters. The monoisotopic (exact) mass is 283 g/mol. The summed E-state index contributed by atoms with van der Waals surface area (Å²) < 4.78 is 7.75. The van der Waals surface area contributed by atoms with Crippen LogP contribution >= 0.6 is 0 Å². The van der Waals surface area contributed by atoms with Crippen molar-refractivity contribution in [2.24, 2.45) is 0 Å². The van der Waals surface area contributed by atoms with Gasteiger partial charge < -0.3 is 14.1 Å². The first-order valence-electron chi connectivity index (χ1n) is 7.29. The summed E-state index contributed by atoms with van der Waals surface area (Å²) in [4.78, 5) is 4.59. The van der Waals surface area contributed by atoms with Gasteiger partial charge in [-0.05, 0) is 45.9 Å². The quantitative estimate of drug-likeness (QED) is 0.794. The molecule has 0 saturated heterocycles. The summed E-state index contributed by atoms with van der Waals surface area (Å²) in [5.41, 5.74) is 4.49. The summed E-state index contributed by atoms with van der Waals surface area (Å²) in [7, 11) is 0. The molecule has 4 heteroatoms. The number of nitrogens with zero attached hydrogens (tertiary/aromatic N) is 2. The van der Waals surface area contributed by atoms with Gasteiger partial charge in [-0.2, -0.15) is 0 Å². The van der Waals surface area contributed by atoms with Gasteiger partial charge in [0.1, 0.15) is 17.2 Å². The van der Waals surface area contributed by atoms with E-state index < -0.39 is 0 Å². The van der Waals surface area contributed by atoms with E-state index >= 15 is 0 Å². The fourth-order valence-electron chi connectivity index (χ4n) is 2.82. The maximum atomic E-state index is 5.61. The van der Waals surface area contributed by atoms with E-state index in [1.165, 1.54) is 11.3 Å². The molecule has 0 saturated carbocycles. The van der Waals surface area contributed by atoms with Crippen LogP contribution < -0.4 is 5.32 Å². The van der Waals surface area contributed by atoms with Crippen LogP contribution in [-0.2, 0) is 6.54 Å². The number of rotatable bonds is 4. The van der Waals surface area contributed by atoms with Gasteiger partial charge in [-0.1, -0.05) is 6.07 Å². The Morgan fingerprint density at radius 3 is 2.81 bits per heavy atom. The average Bonchev–Trinajstić information content (AvgIpc) is 2.95. The minimum atomic E-state index is 0.246. The second kappa shape index (κ2) is 5.37. The minimum Gasteiger partial charge on any atom is -0.466 e. The van der Waals surface area contributed by atoms with Gasteiger partial charge in [-0.3, -0.25) is 0 Å². The number of fused-ring (bicyclic) bond motifs is 1. The number of pyridine rings is 1. The molecule has 4 nitrogen and oxygen atoms in total. The Morgan fingerprint density at radius 1 is 1.29 bits per heavy atom. The summed E-state index contributed by atoms with van der Waals surface area (Å²) in [5.74, 6) is 1.95. The average molecular weight is 283 g/mol. The number of hydrogen-bond acceptors (Lipinski definition) is 3. The lowest BCUT2D eigenvalue weighted by Crippen LogP contribution is -2.19. The topological polar surface area (TPSA) is 42.5 Å². The lowest BCUT2D eigenvalue weighted by Gasteiger charge is -2.13. The molecule has 3 rings (SSSR count). The molecule has 0 aliphatic carbocycles. The molecule has 0 aromatic carbocycles. The molecule has 1 N–H and O–H groups in total. The van der Waals surface area contributed by atoms with Gasteiger partial charge in [0, 0.05) is 24.3 Å². The van der Waals surface area contributed by atoms with Crippen molar-refractivity contribution in [3.8, 4) is 0 Å². The Kier molecular flexibility index (Phi) is 3.55. The van der Waals surface area contributed by atoms with Gasteiger partial charge in [0.2, 0.25) is 0 Å². The van der Waals surface area contributed by atoms with Gasteiger partial charge in [0.25, 0.3) is 0 Å². The molecular weight excluding hydrogens is 262 g/mol. The van der Waals surface area contributed by atoms with Crippen LogP contribution in [0.1, 0.15) is 41.4 Å². The summed E-state index contributed by atoms with van der Waals surface area (Å²) in [5, 5.41) is 3.57. The molecule has 0 spiro atoms. The standard InChI is InChI=1S/C17H21N3O/c1-11-9-15(14(4)21-11)12(2)18-10-16-13(3)19-17-7-5-6-8-20(16)17/h5-9,12,18H,10H2,1-4H3. The van der Waals surface area contributed by atoms with E-state index in [9.17, 15) is 0 Å². The zero-order chi connectivity index (χ0) is 15.0. The number of aromatic nitrogens is 2. The molecule has 0 fully saturated rings. The van der Waals surface area contributed by atoms with Gasteiger partial charge in [-0.15, -0.1) is 0 Å². The first kappa shape index (κ1) is 13.9. The van der Waals surface area contributed by atoms with Gasteiger partial charge in [0.05, 0.1) is 11.4 Å². The Labute approximate surface area is 124 Å². The van der Waals surface area contributed by atoms with Crippen molar-refractivity contribution in [2.75, 3.05) is 0 Å². The molecule has 3 aromatic heterocycles. The predicted molar refractivity (Wildman–Crippen MR) is 83.4 cm³/mol. The third-order valence-electron chi connectivity index (χ3n) is 3.95. The molecule has 21 heavy (non-hydrogen) atoms. The van der Waals surface area contributed by atoms with Crippen molar-refractivity contribution >= 4 is 5.65 Å². The third kappa shape index (κ3) is 2.59. The molecule has 110 valence electrons. The number of imidazole rings is 1. The van der Waals surface area contributed by atoms with E-state index in [2.05, 4.69) is 40.8 Å². The highest BCUT2D eigenvalue weighted by molar-refractivity contribution is 5.42. The zero-order valence-corrected chi connectivity index (χ0v) is 13.0. The van der Waals surface area contributed by atoms with Crippen LogP contribution in [0.4, 0.5) is 0 Å². The highest BCUT2D eigenvalue weighted by Gasteiger charge is 2.14. The Bertz CT molecular complexity index is 770. The second-order valence-electron chi connectivity index (χ2n) is 5.54. The summed E-state index contributed by atoms with van der Waals surface area (Å²) in [6.45, 7) is 9.00. The maximum absolute atomic E-state index is 5.61. The first-order chi connectivity index (χ1) is 10.1. The highest BCUT2D eigenvalue weighted by atomic mass is 16.3. The highest BCUT2D eigenvalue weighted by Crippen LogP contribution is 2.22. The fourth-order valence-corrected chi connectivity index (χ4v) is 2.82. The molecule has 0 aliphatic rings. The van der Waals surface area contributed by atoms with E-state index in [0.29, 0.717) is 0 Å². The van der Waals surface area contributed by atoms with Crippen LogP contribution in [0, 0.1) is 20.8 Å². The number of aryl methyl sites for hydroxylation is 3. The van der Waals surface area contributed by atoms with Crippen molar-refractivity contribution in [3.05, 3.63) is 58.9 Å². The van der Waals surface area contributed by atoms with Crippen LogP contribution in [0.5, 0.6) is 0 Å². The van der Waals surface area contributed by atoms with E-state index in [-0.39, 0.29) is 6.04 Å². The minimum absolute atomic E-state index is 0.246. The number of furan rings is 1.